The molecule has 0 aromatic heterocycles. The highest BCUT2D eigenvalue weighted by atomic mass is 16.5. The van der Waals surface area contributed by atoms with E-state index in [2.05, 4.69) is 5.32 Å². The molecule has 0 radical (unpaired) electrons. The summed E-state index contributed by atoms with van der Waals surface area (Å²) >= 11 is 0. The quantitative estimate of drug-likeness (QED) is 0.578. The van der Waals surface area contributed by atoms with Crippen LogP contribution in [-0.2, 0) is 14.3 Å². The van der Waals surface area contributed by atoms with Crippen LogP contribution in [0.15, 0.2) is 42.5 Å². The van der Waals surface area contributed by atoms with Gasteiger partial charge in [-0.25, -0.2) is 0 Å². The third-order valence-electron chi connectivity index (χ3n) is 3.79. The first-order valence-corrected chi connectivity index (χ1v) is 9.56. The third kappa shape index (κ3) is 7.73. The summed E-state index contributed by atoms with van der Waals surface area (Å²) in [6.45, 7) is 6.52. The first-order chi connectivity index (χ1) is 14.0. The van der Waals surface area contributed by atoms with Crippen LogP contribution in [0.5, 0.6) is 17.2 Å². The van der Waals surface area contributed by atoms with E-state index < -0.39 is 11.9 Å². The van der Waals surface area contributed by atoms with Crippen LogP contribution in [0.25, 0.3) is 0 Å². The van der Waals surface area contributed by atoms with Gasteiger partial charge in [0.1, 0.15) is 5.75 Å². The molecule has 0 bridgehead atoms. The van der Waals surface area contributed by atoms with Crippen molar-refractivity contribution in [3.05, 3.63) is 48.0 Å². The lowest BCUT2D eigenvalue weighted by atomic mass is 10.2. The largest absolute Gasteiger partial charge is 0.493 e. The van der Waals surface area contributed by atoms with Gasteiger partial charge in [0, 0.05) is 11.8 Å². The number of benzene rings is 2. The highest BCUT2D eigenvalue weighted by Crippen LogP contribution is 2.30. The molecule has 7 nitrogen and oxygen atoms in total. The van der Waals surface area contributed by atoms with Gasteiger partial charge in [0.25, 0.3) is 5.91 Å². The number of amides is 1. The van der Waals surface area contributed by atoms with Gasteiger partial charge in [-0.3, -0.25) is 9.59 Å². The second kappa shape index (κ2) is 11.6. The first-order valence-electron chi connectivity index (χ1n) is 9.56. The van der Waals surface area contributed by atoms with E-state index in [1.165, 1.54) is 0 Å². The monoisotopic (exact) mass is 401 g/mol. The van der Waals surface area contributed by atoms with Crippen molar-refractivity contribution in [1.29, 1.82) is 0 Å². The summed E-state index contributed by atoms with van der Waals surface area (Å²) in [5, 5.41) is 2.67. The van der Waals surface area contributed by atoms with Crippen LogP contribution in [0, 0.1) is 6.92 Å². The molecule has 0 heterocycles. The van der Waals surface area contributed by atoms with Crippen molar-refractivity contribution >= 4 is 17.6 Å². The molecular formula is C22H27NO6. The maximum absolute atomic E-state index is 12.0. The Morgan fingerprint density at radius 2 is 1.59 bits per heavy atom. The smallest absolute Gasteiger partial charge is 0.309 e. The molecule has 0 fully saturated rings. The van der Waals surface area contributed by atoms with Crippen molar-refractivity contribution in [1.82, 2.24) is 0 Å². The van der Waals surface area contributed by atoms with E-state index in [1.807, 2.05) is 45.0 Å². The molecule has 156 valence electrons. The van der Waals surface area contributed by atoms with Crippen molar-refractivity contribution in [3.8, 4) is 17.2 Å². The minimum Gasteiger partial charge on any atom is -0.493 e. The summed E-state index contributed by atoms with van der Waals surface area (Å²) in [5.74, 6) is 0.880. The second-order valence-electron chi connectivity index (χ2n) is 6.15. The Labute approximate surface area is 170 Å². The average Bonchev–Trinajstić information content (AvgIpc) is 2.70. The SMILES string of the molecule is CCOc1ccc(NC(=O)COC(=O)CCOc2ccc(C)cc2)cc1OCC. The third-order valence-corrected chi connectivity index (χ3v) is 3.79. The van der Waals surface area contributed by atoms with Crippen molar-refractivity contribution in [2.45, 2.75) is 27.2 Å². The Kier molecular flexibility index (Phi) is 8.82. The van der Waals surface area contributed by atoms with E-state index in [9.17, 15) is 9.59 Å². The van der Waals surface area contributed by atoms with E-state index in [-0.39, 0.29) is 19.6 Å². The Hall–Kier alpha value is -3.22. The molecule has 1 N–H and O–H groups in total. The zero-order valence-corrected chi connectivity index (χ0v) is 17.0. The van der Waals surface area contributed by atoms with Gasteiger partial charge in [-0.2, -0.15) is 0 Å². The Morgan fingerprint density at radius 3 is 2.28 bits per heavy atom. The summed E-state index contributed by atoms with van der Waals surface area (Å²) in [4.78, 5) is 23.8. The lowest BCUT2D eigenvalue weighted by Crippen LogP contribution is -2.21. The van der Waals surface area contributed by atoms with Gasteiger partial charge in [-0.1, -0.05) is 17.7 Å². The first kappa shape index (κ1) is 22.1. The van der Waals surface area contributed by atoms with Crippen LogP contribution in [0.3, 0.4) is 0 Å². The molecule has 2 aromatic rings. The van der Waals surface area contributed by atoms with Gasteiger partial charge in [0.05, 0.1) is 26.2 Å². The molecule has 0 aliphatic heterocycles. The molecule has 0 spiro atoms. The minimum absolute atomic E-state index is 0.0543. The number of nitrogens with one attached hydrogen (secondary N) is 1. The maximum atomic E-state index is 12.0. The van der Waals surface area contributed by atoms with Gasteiger partial charge >= 0.3 is 5.97 Å². The number of hydrogen-bond donors (Lipinski definition) is 1. The number of ether oxygens (including phenoxy) is 4. The number of rotatable bonds is 11. The van der Waals surface area contributed by atoms with E-state index in [0.29, 0.717) is 36.1 Å². The number of aryl methyl sites for hydroxylation is 1. The van der Waals surface area contributed by atoms with Crippen molar-refractivity contribution in [2.24, 2.45) is 0 Å². The molecule has 0 unspecified atom stereocenters. The van der Waals surface area contributed by atoms with Gasteiger partial charge in [0.15, 0.2) is 18.1 Å². The molecule has 29 heavy (non-hydrogen) atoms. The van der Waals surface area contributed by atoms with Gasteiger partial charge in [-0.05, 0) is 45.0 Å². The zero-order chi connectivity index (χ0) is 21.1. The Bertz CT molecular complexity index is 803. The molecular weight excluding hydrogens is 374 g/mol. The topological polar surface area (TPSA) is 83.1 Å². The fourth-order valence-corrected chi connectivity index (χ4v) is 2.43. The summed E-state index contributed by atoms with van der Waals surface area (Å²) in [7, 11) is 0. The Morgan fingerprint density at radius 1 is 0.897 bits per heavy atom. The summed E-state index contributed by atoms with van der Waals surface area (Å²) in [6.07, 6.45) is 0.0543. The summed E-state index contributed by atoms with van der Waals surface area (Å²) < 4.78 is 21.5. The molecule has 0 saturated carbocycles. The van der Waals surface area contributed by atoms with Crippen LogP contribution in [0.2, 0.25) is 0 Å². The lowest BCUT2D eigenvalue weighted by Gasteiger charge is -2.13. The van der Waals surface area contributed by atoms with Crippen LogP contribution in [0.1, 0.15) is 25.8 Å². The fraction of sp³-hybridized carbons (Fsp3) is 0.364. The van der Waals surface area contributed by atoms with Crippen LogP contribution >= 0.6 is 0 Å². The molecule has 0 atom stereocenters. The van der Waals surface area contributed by atoms with Gasteiger partial charge in [0.2, 0.25) is 0 Å². The van der Waals surface area contributed by atoms with Crippen LogP contribution in [-0.4, -0.2) is 38.3 Å². The normalized spacial score (nSPS) is 10.2. The number of hydrogen-bond acceptors (Lipinski definition) is 6. The molecule has 0 aliphatic rings. The Balaban J connectivity index is 1.75. The van der Waals surface area contributed by atoms with Crippen molar-refractivity contribution in [3.63, 3.8) is 0 Å². The van der Waals surface area contributed by atoms with E-state index in [1.54, 1.807) is 18.2 Å². The molecule has 0 saturated heterocycles. The zero-order valence-electron chi connectivity index (χ0n) is 17.0. The average molecular weight is 401 g/mol. The second-order valence-corrected chi connectivity index (χ2v) is 6.15. The molecule has 7 heteroatoms. The van der Waals surface area contributed by atoms with E-state index in [4.69, 9.17) is 18.9 Å². The summed E-state index contributed by atoms with van der Waals surface area (Å²) in [6, 6.07) is 12.6. The lowest BCUT2D eigenvalue weighted by molar-refractivity contribution is -0.147. The highest BCUT2D eigenvalue weighted by Gasteiger charge is 2.11. The van der Waals surface area contributed by atoms with E-state index in [0.717, 1.165) is 5.56 Å². The number of carbonyl (C=O) groups excluding carboxylic acids is 2. The molecule has 1 amide bonds. The number of esters is 1. The minimum atomic E-state index is -0.506. The molecule has 0 aliphatic carbocycles. The van der Waals surface area contributed by atoms with Crippen LogP contribution < -0.4 is 19.5 Å². The molecule has 2 rings (SSSR count). The maximum Gasteiger partial charge on any atom is 0.309 e. The van der Waals surface area contributed by atoms with Gasteiger partial charge < -0.3 is 24.3 Å². The standard InChI is InChI=1S/C22H27NO6/c1-4-26-19-11-8-17(14-20(19)27-5-2)23-21(24)15-29-22(25)12-13-28-18-9-6-16(3)7-10-18/h6-11,14H,4-5,12-13,15H2,1-3H3,(H,23,24). The summed E-state index contributed by atoms with van der Waals surface area (Å²) in [5.41, 5.74) is 1.66. The van der Waals surface area contributed by atoms with E-state index >= 15 is 0 Å². The predicted octanol–water partition coefficient (Wildman–Crippen LogP) is 3.74. The van der Waals surface area contributed by atoms with Crippen molar-refractivity contribution in [2.75, 3.05) is 31.7 Å². The van der Waals surface area contributed by atoms with Crippen LogP contribution in [0.4, 0.5) is 5.69 Å². The number of carbonyl (C=O) groups is 2. The number of anilines is 1. The molecule has 2 aromatic carbocycles. The predicted molar refractivity (Wildman–Crippen MR) is 110 cm³/mol. The van der Waals surface area contributed by atoms with Crippen molar-refractivity contribution < 1.29 is 28.5 Å². The fourth-order valence-electron chi connectivity index (χ4n) is 2.43. The van der Waals surface area contributed by atoms with Gasteiger partial charge in [-0.15, -0.1) is 0 Å². The highest BCUT2D eigenvalue weighted by molar-refractivity contribution is 5.93.